The maximum Gasteiger partial charge on any atom is 0.490 e. The number of nitrogens with zero attached hydrogens (tertiary/aromatic N) is 7. The van der Waals surface area contributed by atoms with Crippen LogP contribution in [0, 0.1) is 0 Å². The lowest BCUT2D eigenvalue weighted by atomic mass is 10.2. The molecular formula is C20H23F3N8O5S. The van der Waals surface area contributed by atoms with E-state index in [1.165, 1.54) is 22.4 Å². The minimum Gasteiger partial charge on any atom is -0.475 e. The van der Waals surface area contributed by atoms with Crippen LogP contribution in [0.1, 0.15) is 6.92 Å². The van der Waals surface area contributed by atoms with Gasteiger partial charge in [0.25, 0.3) is 0 Å². The molecule has 0 bridgehead atoms. The molecule has 17 heteroatoms. The molecule has 13 nitrogen and oxygen atoms in total. The third kappa shape index (κ3) is 4.84. The van der Waals surface area contributed by atoms with Crippen molar-refractivity contribution in [3.8, 4) is 5.82 Å². The largest absolute Gasteiger partial charge is 0.490 e. The highest BCUT2D eigenvalue weighted by atomic mass is 32.2. The van der Waals surface area contributed by atoms with E-state index in [-0.39, 0.29) is 6.04 Å². The van der Waals surface area contributed by atoms with Gasteiger partial charge in [-0.05, 0) is 13.0 Å². The van der Waals surface area contributed by atoms with Crippen LogP contribution in [0.5, 0.6) is 0 Å². The summed E-state index contributed by atoms with van der Waals surface area (Å²) in [7, 11) is -0.714. The highest BCUT2D eigenvalue weighted by Gasteiger charge is 2.38. The van der Waals surface area contributed by atoms with Crippen molar-refractivity contribution >= 4 is 43.9 Å². The van der Waals surface area contributed by atoms with Gasteiger partial charge in [-0.2, -0.15) is 40.8 Å². The lowest BCUT2D eigenvalue weighted by Crippen LogP contribution is -2.44. The number of ether oxygens (including phenoxy) is 1. The summed E-state index contributed by atoms with van der Waals surface area (Å²) in [6.45, 7) is 3.89. The van der Waals surface area contributed by atoms with Crippen LogP contribution < -0.4 is 4.90 Å². The number of pyridine rings is 1. The van der Waals surface area contributed by atoms with Crippen molar-refractivity contribution in [3.05, 3.63) is 30.7 Å². The monoisotopic (exact) mass is 544 g/mol. The molecule has 1 atom stereocenters. The van der Waals surface area contributed by atoms with Crippen molar-refractivity contribution in [2.45, 2.75) is 19.1 Å². The molecule has 2 N–H and O–H groups in total. The predicted octanol–water partition coefficient (Wildman–Crippen LogP) is 1.61. The number of carboxylic acid groups (broad SMARTS) is 1. The molecule has 5 rings (SSSR count). The molecule has 0 saturated carbocycles. The van der Waals surface area contributed by atoms with Crippen molar-refractivity contribution in [1.82, 2.24) is 33.2 Å². The van der Waals surface area contributed by atoms with Gasteiger partial charge in [-0.3, -0.25) is 5.10 Å². The summed E-state index contributed by atoms with van der Waals surface area (Å²) in [6, 6.07) is 3.68. The Morgan fingerprint density at radius 2 is 1.97 bits per heavy atom. The Balaban J connectivity index is 0.000000405. The number of alkyl halides is 3. The molecule has 0 radical (unpaired) electrons. The first-order valence-electron chi connectivity index (χ1n) is 10.8. The second-order valence-electron chi connectivity index (χ2n) is 8.25. The second kappa shape index (κ2) is 9.64. The van der Waals surface area contributed by atoms with Gasteiger partial charge in [0.2, 0.25) is 0 Å². The van der Waals surface area contributed by atoms with Gasteiger partial charge in [-0.15, -0.1) is 0 Å². The number of aromatic nitrogens is 6. The van der Waals surface area contributed by atoms with E-state index in [4.69, 9.17) is 19.6 Å². The van der Waals surface area contributed by atoms with Crippen molar-refractivity contribution in [3.63, 3.8) is 0 Å². The van der Waals surface area contributed by atoms with Crippen molar-refractivity contribution < 1.29 is 36.2 Å². The molecule has 0 aliphatic carbocycles. The number of rotatable bonds is 4. The fourth-order valence-corrected chi connectivity index (χ4v) is 4.80. The van der Waals surface area contributed by atoms with Crippen LogP contribution in [-0.2, 0) is 19.7 Å². The minimum absolute atomic E-state index is 0.0995. The molecule has 5 heterocycles. The number of aliphatic carboxylic acids is 1. The molecule has 1 aliphatic rings. The predicted molar refractivity (Wildman–Crippen MR) is 126 cm³/mol. The fourth-order valence-electron chi connectivity index (χ4n) is 3.80. The van der Waals surface area contributed by atoms with Crippen LogP contribution >= 0.6 is 0 Å². The summed E-state index contributed by atoms with van der Waals surface area (Å²) in [5, 5.41) is 19.9. The summed E-state index contributed by atoms with van der Waals surface area (Å²) >= 11 is 0. The molecule has 0 aromatic carbocycles. The Morgan fingerprint density at radius 3 is 2.54 bits per heavy atom. The molecule has 4 aromatic rings. The van der Waals surface area contributed by atoms with Crippen LogP contribution in [0.2, 0.25) is 0 Å². The Hall–Kier alpha value is -3.70. The number of nitrogens with one attached hydrogen (secondary N) is 1. The SMILES string of the molecule is C[C@@H]1COCCN1c1nc2c(cnn2-c2cc[nH]n2)c2c1ccn2S(=O)(=O)N(C)C.O=C(O)C(F)(F)F. The van der Waals surface area contributed by atoms with Crippen molar-refractivity contribution in [2.75, 3.05) is 38.8 Å². The van der Waals surface area contributed by atoms with E-state index >= 15 is 0 Å². The number of hydrogen-bond acceptors (Lipinski definition) is 8. The quantitative estimate of drug-likeness (QED) is 0.390. The maximum absolute atomic E-state index is 13.0. The molecule has 0 unspecified atom stereocenters. The zero-order valence-electron chi connectivity index (χ0n) is 19.8. The van der Waals surface area contributed by atoms with Gasteiger partial charge in [0.15, 0.2) is 11.5 Å². The summed E-state index contributed by atoms with van der Waals surface area (Å²) in [5.74, 6) is -1.47. The highest BCUT2D eigenvalue weighted by Crippen LogP contribution is 2.35. The summed E-state index contributed by atoms with van der Waals surface area (Å²) in [4.78, 5) is 16.0. The van der Waals surface area contributed by atoms with Crippen LogP contribution in [-0.4, -0.2) is 98.8 Å². The first-order chi connectivity index (χ1) is 17.3. The van der Waals surface area contributed by atoms with Gasteiger partial charge in [0.05, 0.1) is 36.4 Å². The number of carbonyl (C=O) groups is 1. The van der Waals surface area contributed by atoms with Gasteiger partial charge in [0.1, 0.15) is 5.82 Å². The van der Waals surface area contributed by atoms with Gasteiger partial charge < -0.3 is 14.7 Å². The number of halogens is 3. The Labute approximate surface area is 208 Å². The minimum atomic E-state index is -5.08. The smallest absolute Gasteiger partial charge is 0.475 e. The Morgan fingerprint density at radius 1 is 1.27 bits per heavy atom. The summed E-state index contributed by atoms with van der Waals surface area (Å²) in [5.41, 5.74) is 1.08. The molecular weight excluding hydrogens is 521 g/mol. The first-order valence-corrected chi connectivity index (χ1v) is 12.2. The molecule has 0 spiro atoms. The topological polar surface area (TPSA) is 151 Å². The Bertz CT molecular complexity index is 1530. The summed E-state index contributed by atoms with van der Waals surface area (Å²) < 4.78 is 67.5. The lowest BCUT2D eigenvalue weighted by Gasteiger charge is -2.34. The number of anilines is 1. The maximum atomic E-state index is 13.0. The molecule has 4 aromatic heterocycles. The number of morpholine rings is 1. The molecule has 1 fully saturated rings. The number of carboxylic acids is 1. The van der Waals surface area contributed by atoms with E-state index in [9.17, 15) is 21.6 Å². The zero-order valence-corrected chi connectivity index (χ0v) is 20.7. The lowest BCUT2D eigenvalue weighted by molar-refractivity contribution is -0.192. The molecule has 200 valence electrons. The fraction of sp³-hybridized carbons (Fsp3) is 0.400. The van der Waals surface area contributed by atoms with Crippen molar-refractivity contribution in [1.29, 1.82) is 0 Å². The van der Waals surface area contributed by atoms with Crippen LogP contribution in [0.25, 0.3) is 27.8 Å². The van der Waals surface area contributed by atoms with E-state index in [0.29, 0.717) is 47.9 Å². The van der Waals surface area contributed by atoms with E-state index in [0.717, 1.165) is 5.39 Å². The van der Waals surface area contributed by atoms with Gasteiger partial charge in [-0.25, -0.2) is 13.8 Å². The molecule has 37 heavy (non-hydrogen) atoms. The number of fused-ring (bicyclic) bond motifs is 3. The van der Waals surface area contributed by atoms with Crippen molar-refractivity contribution in [2.24, 2.45) is 0 Å². The molecule has 1 aliphatic heterocycles. The molecule has 1 saturated heterocycles. The second-order valence-corrected chi connectivity index (χ2v) is 10.3. The average molecular weight is 545 g/mol. The normalized spacial score (nSPS) is 16.8. The van der Waals surface area contributed by atoms with Gasteiger partial charge >= 0.3 is 22.4 Å². The Kier molecular flexibility index (Phi) is 6.87. The highest BCUT2D eigenvalue weighted by molar-refractivity contribution is 7.87. The van der Waals surface area contributed by atoms with Gasteiger partial charge in [-0.1, -0.05) is 0 Å². The van der Waals surface area contributed by atoms with E-state index < -0.39 is 22.4 Å². The van der Waals surface area contributed by atoms with E-state index in [1.54, 1.807) is 35.4 Å². The average Bonchev–Trinajstić information content (AvgIpc) is 3.57. The van der Waals surface area contributed by atoms with Crippen LogP contribution in [0.3, 0.4) is 0 Å². The number of aromatic amines is 1. The van der Waals surface area contributed by atoms with Crippen LogP contribution in [0.4, 0.5) is 19.0 Å². The first kappa shape index (κ1) is 26.4. The third-order valence-corrected chi connectivity index (χ3v) is 7.32. The number of H-pyrrole nitrogens is 1. The standard InChI is InChI=1S/C18H22N8O3S.C2HF3O2/c1-12-11-29-9-8-24(12)17-13-5-7-25(30(27,28)23(2)3)16(13)14-10-20-26(18(14)21-17)15-4-6-19-22-15;3-2(4,5)1(6)7/h4-7,10,12H,8-9,11H2,1-3H3,(H,19,22);(H,6,7)/t12-;/m1./s1. The third-order valence-electron chi connectivity index (χ3n) is 5.60. The number of hydrogen-bond donors (Lipinski definition) is 2. The van der Waals surface area contributed by atoms with Gasteiger partial charge in [0, 0.05) is 44.5 Å². The van der Waals surface area contributed by atoms with Crippen LogP contribution in [0.15, 0.2) is 30.7 Å². The van der Waals surface area contributed by atoms with E-state index in [1.807, 2.05) is 0 Å². The van der Waals surface area contributed by atoms with E-state index in [2.05, 4.69) is 27.1 Å². The zero-order chi connectivity index (χ0) is 27.1. The molecule has 0 amide bonds. The summed E-state index contributed by atoms with van der Waals surface area (Å²) in [6.07, 6.45) is -0.180.